The molecule has 2 rings (SSSR count). The van der Waals surface area contributed by atoms with Crippen molar-refractivity contribution in [1.29, 1.82) is 0 Å². The maximum Gasteiger partial charge on any atom is 0.224 e. The molecule has 4 heteroatoms. The minimum Gasteiger partial charge on any atom is -0.356 e. The van der Waals surface area contributed by atoms with Crippen LogP contribution in [0.3, 0.4) is 0 Å². The molecule has 1 amide bonds. The van der Waals surface area contributed by atoms with Crippen LogP contribution in [0.4, 0.5) is 0 Å². The first-order valence-corrected chi connectivity index (χ1v) is 7.53. The lowest BCUT2D eigenvalue weighted by Gasteiger charge is -2.26. The minimum atomic E-state index is 0.0694. The molecule has 1 aliphatic heterocycles. The lowest BCUT2D eigenvalue weighted by molar-refractivity contribution is -0.125. The quantitative estimate of drug-likeness (QED) is 0.722. The van der Waals surface area contributed by atoms with Crippen LogP contribution >= 0.6 is 0 Å². The van der Waals surface area contributed by atoms with E-state index in [1.54, 1.807) is 0 Å². The first-order chi connectivity index (χ1) is 8.77. The van der Waals surface area contributed by atoms with Gasteiger partial charge in [-0.3, -0.25) is 4.79 Å². The summed E-state index contributed by atoms with van der Waals surface area (Å²) >= 11 is 0. The predicted octanol–water partition coefficient (Wildman–Crippen LogP) is 1.11. The number of nitrogens with one attached hydrogen (secondary N) is 1. The van der Waals surface area contributed by atoms with Crippen molar-refractivity contribution >= 4 is 5.91 Å². The van der Waals surface area contributed by atoms with Gasteiger partial charge in [-0.25, -0.2) is 0 Å². The Morgan fingerprint density at radius 2 is 1.94 bits per heavy atom. The molecule has 1 saturated carbocycles. The van der Waals surface area contributed by atoms with Crippen molar-refractivity contribution in [2.24, 2.45) is 11.7 Å². The molecule has 0 aromatic heterocycles. The molecule has 4 nitrogen and oxygen atoms in total. The van der Waals surface area contributed by atoms with Crippen molar-refractivity contribution in [1.82, 2.24) is 10.2 Å². The van der Waals surface area contributed by atoms with E-state index in [0.717, 1.165) is 38.8 Å². The minimum absolute atomic E-state index is 0.0694. The van der Waals surface area contributed by atoms with Gasteiger partial charge in [0.15, 0.2) is 0 Å². The number of nitrogens with zero attached hydrogens (tertiary/aromatic N) is 1. The highest BCUT2D eigenvalue weighted by Gasteiger charge is 2.29. The second kappa shape index (κ2) is 7.10. The molecule has 2 unspecified atom stereocenters. The normalized spacial score (nSPS) is 29.4. The van der Waals surface area contributed by atoms with Gasteiger partial charge >= 0.3 is 0 Å². The van der Waals surface area contributed by atoms with Crippen LogP contribution in [0.5, 0.6) is 0 Å². The third-order valence-electron chi connectivity index (χ3n) is 4.31. The van der Waals surface area contributed by atoms with Gasteiger partial charge in [0.05, 0.1) is 5.92 Å². The number of likely N-dealkylation sites (tertiary alicyclic amines) is 1. The molecule has 2 fully saturated rings. The third-order valence-corrected chi connectivity index (χ3v) is 4.31. The first kappa shape index (κ1) is 13.8. The van der Waals surface area contributed by atoms with Gasteiger partial charge in [-0.15, -0.1) is 0 Å². The number of hydrogen-bond donors (Lipinski definition) is 2. The Labute approximate surface area is 110 Å². The summed E-state index contributed by atoms with van der Waals surface area (Å²) in [4.78, 5) is 14.4. The van der Waals surface area contributed by atoms with Gasteiger partial charge in [0, 0.05) is 12.6 Å². The predicted molar refractivity (Wildman–Crippen MR) is 73.2 cm³/mol. The smallest absolute Gasteiger partial charge is 0.224 e. The Kier molecular flexibility index (Phi) is 5.45. The van der Waals surface area contributed by atoms with E-state index in [4.69, 9.17) is 5.73 Å². The summed E-state index contributed by atoms with van der Waals surface area (Å²) < 4.78 is 0. The van der Waals surface area contributed by atoms with Crippen molar-refractivity contribution < 1.29 is 4.79 Å². The van der Waals surface area contributed by atoms with E-state index in [-0.39, 0.29) is 17.9 Å². The van der Waals surface area contributed by atoms with Gasteiger partial charge in [0.2, 0.25) is 5.91 Å². The highest BCUT2D eigenvalue weighted by molar-refractivity contribution is 5.79. The summed E-state index contributed by atoms with van der Waals surface area (Å²) in [5.41, 5.74) is 5.93. The fourth-order valence-electron chi connectivity index (χ4n) is 3.14. The number of carbonyl (C=O) groups is 1. The summed E-state index contributed by atoms with van der Waals surface area (Å²) in [6.45, 7) is 4.40. The van der Waals surface area contributed by atoms with Crippen LogP contribution in [0.2, 0.25) is 0 Å². The van der Waals surface area contributed by atoms with Crippen molar-refractivity contribution in [2.45, 2.75) is 51.0 Å². The zero-order valence-corrected chi connectivity index (χ0v) is 11.4. The van der Waals surface area contributed by atoms with E-state index < -0.39 is 0 Å². The molecular formula is C14H27N3O. The molecular weight excluding hydrogens is 226 g/mol. The Morgan fingerprint density at radius 1 is 1.17 bits per heavy atom. The molecule has 104 valence electrons. The van der Waals surface area contributed by atoms with Crippen LogP contribution in [0.25, 0.3) is 0 Å². The largest absolute Gasteiger partial charge is 0.356 e. The number of hydrogen-bond acceptors (Lipinski definition) is 3. The molecule has 1 saturated heterocycles. The number of piperidine rings is 1. The van der Waals surface area contributed by atoms with Crippen LogP contribution in [-0.4, -0.2) is 43.0 Å². The van der Waals surface area contributed by atoms with Crippen LogP contribution < -0.4 is 11.1 Å². The van der Waals surface area contributed by atoms with Gasteiger partial charge in [-0.05, 0) is 51.7 Å². The molecule has 0 bridgehead atoms. The average molecular weight is 253 g/mol. The van der Waals surface area contributed by atoms with E-state index in [0.29, 0.717) is 0 Å². The van der Waals surface area contributed by atoms with E-state index in [9.17, 15) is 4.79 Å². The summed E-state index contributed by atoms with van der Waals surface area (Å²) in [5, 5.41) is 3.05. The Morgan fingerprint density at radius 3 is 2.61 bits per heavy atom. The molecule has 0 radical (unpaired) electrons. The number of carbonyl (C=O) groups excluding carboxylic acids is 1. The highest BCUT2D eigenvalue weighted by Crippen LogP contribution is 2.23. The zero-order chi connectivity index (χ0) is 12.8. The maximum absolute atomic E-state index is 11.9. The maximum atomic E-state index is 11.9. The van der Waals surface area contributed by atoms with Crippen LogP contribution in [0.15, 0.2) is 0 Å². The van der Waals surface area contributed by atoms with Crippen molar-refractivity contribution in [3.63, 3.8) is 0 Å². The van der Waals surface area contributed by atoms with E-state index >= 15 is 0 Å². The van der Waals surface area contributed by atoms with Gasteiger partial charge in [0.1, 0.15) is 0 Å². The monoisotopic (exact) mass is 253 g/mol. The number of amides is 1. The molecule has 1 heterocycles. The first-order valence-electron chi connectivity index (χ1n) is 7.53. The number of rotatable bonds is 5. The molecule has 0 spiro atoms. The zero-order valence-electron chi connectivity index (χ0n) is 11.4. The summed E-state index contributed by atoms with van der Waals surface area (Å²) in [5.74, 6) is 0.249. The van der Waals surface area contributed by atoms with Crippen LogP contribution in [0.1, 0.15) is 44.9 Å². The van der Waals surface area contributed by atoms with Crippen molar-refractivity contribution in [3.8, 4) is 0 Å². The molecule has 2 atom stereocenters. The summed E-state index contributed by atoms with van der Waals surface area (Å²) in [6, 6.07) is 0.0899. The molecule has 3 N–H and O–H groups in total. The number of nitrogens with two attached hydrogens (primary N) is 1. The summed E-state index contributed by atoms with van der Waals surface area (Å²) in [7, 11) is 0. The molecule has 0 aromatic carbocycles. The molecule has 18 heavy (non-hydrogen) atoms. The second-order valence-corrected chi connectivity index (χ2v) is 5.75. The fraction of sp³-hybridized carbons (Fsp3) is 0.929. The molecule has 0 aromatic rings. The van der Waals surface area contributed by atoms with Gasteiger partial charge in [-0.2, -0.15) is 0 Å². The van der Waals surface area contributed by atoms with Gasteiger partial charge < -0.3 is 16.0 Å². The van der Waals surface area contributed by atoms with Crippen molar-refractivity contribution in [2.75, 3.05) is 26.2 Å². The van der Waals surface area contributed by atoms with Crippen LogP contribution in [0, 0.1) is 5.92 Å². The lowest BCUT2D eigenvalue weighted by Crippen LogP contribution is -2.40. The lowest BCUT2D eigenvalue weighted by atomic mass is 10.0. The highest BCUT2D eigenvalue weighted by atomic mass is 16.1. The summed E-state index contributed by atoms with van der Waals surface area (Å²) in [6.07, 6.45) is 8.20. The van der Waals surface area contributed by atoms with E-state index in [2.05, 4.69) is 10.2 Å². The van der Waals surface area contributed by atoms with Gasteiger partial charge in [0.25, 0.3) is 0 Å². The third kappa shape index (κ3) is 3.95. The fourth-order valence-corrected chi connectivity index (χ4v) is 3.14. The standard InChI is InChI=1S/C14H27N3O/c15-13-7-4-6-12(13)14(18)16-8-5-11-17-9-2-1-3-10-17/h12-13H,1-11,15H2,(H,16,18). The topological polar surface area (TPSA) is 58.4 Å². The Balaban J connectivity index is 1.56. The SMILES string of the molecule is NC1CCCC1C(=O)NCCCN1CCCCC1. The van der Waals surface area contributed by atoms with Gasteiger partial charge in [-0.1, -0.05) is 12.8 Å². The van der Waals surface area contributed by atoms with Crippen LogP contribution in [-0.2, 0) is 4.79 Å². The molecule has 1 aliphatic carbocycles. The van der Waals surface area contributed by atoms with E-state index in [1.165, 1.54) is 32.4 Å². The average Bonchev–Trinajstić information content (AvgIpc) is 2.82. The van der Waals surface area contributed by atoms with Crippen molar-refractivity contribution in [3.05, 3.63) is 0 Å². The molecule has 2 aliphatic rings. The second-order valence-electron chi connectivity index (χ2n) is 5.75. The van der Waals surface area contributed by atoms with E-state index in [1.807, 2.05) is 0 Å². The Hall–Kier alpha value is -0.610. The Bertz CT molecular complexity index is 264.